The Morgan fingerprint density at radius 1 is 1.03 bits per heavy atom. The second-order valence-corrected chi connectivity index (χ2v) is 6.73. The highest BCUT2D eigenvalue weighted by Crippen LogP contribution is 2.38. The van der Waals surface area contributed by atoms with Crippen LogP contribution in [0.2, 0.25) is 0 Å². The fraction of sp³-hybridized carbons (Fsp3) is 0.429. The quantitative estimate of drug-likeness (QED) is 0.629. The summed E-state index contributed by atoms with van der Waals surface area (Å²) in [5.41, 5.74) is 0.811. The Kier molecular flexibility index (Phi) is 7.13. The van der Waals surface area contributed by atoms with E-state index in [1.165, 1.54) is 0 Å². The van der Waals surface area contributed by atoms with Gasteiger partial charge in [0, 0.05) is 51.2 Å². The number of nitrogens with zero attached hydrogens (tertiary/aromatic N) is 4. The van der Waals surface area contributed by atoms with Crippen molar-refractivity contribution in [3.8, 4) is 17.2 Å². The van der Waals surface area contributed by atoms with E-state index in [0.717, 1.165) is 44.8 Å². The van der Waals surface area contributed by atoms with Crippen LogP contribution in [0.5, 0.6) is 17.2 Å². The van der Waals surface area contributed by atoms with Crippen LogP contribution in [-0.4, -0.2) is 79.5 Å². The summed E-state index contributed by atoms with van der Waals surface area (Å²) in [5.74, 6) is 1.66. The number of methoxy groups -OCH3 is 3. The zero-order valence-corrected chi connectivity index (χ0v) is 17.2. The molecule has 1 fully saturated rings. The summed E-state index contributed by atoms with van der Waals surface area (Å²) < 4.78 is 18.0. The monoisotopic (exact) mass is 400 g/mol. The summed E-state index contributed by atoms with van der Waals surface area (Å²) in [7, 11) is 4.71. The number of aromatic nitrogens is 2. The Labute approximate surface area is 171 Å². The van der Waals surface area contributed by atoms with Crippen LogP contribution in [0.25, 0.3) is 6.08 Å². The van der Waals surface area contributed by atoms with Crippen molar-refractivity contribution in [1.82, 2.24) is 19.6 Å². The highest BCUT2D eigenvalue weighted by Gasteiger charge is 2.19. The Hall–Kier alpha value is -3.00. The minimum atomic E-state index is 0.00507. The number of benzene rings is 1. The van der Waals surface area contributed by atoms with E-state index in [1.807, 2.05) is 34.0 Å². The van der Waals surface area contributed by atoms with Gasteiger partial charge in [0.1, 0.15) is 0 Å². The Bertz CT molecular complexity index is 802. The van der Waals surface area contributed by atoms with Crippen molar-refractivity contribution in [2.24, 2.45) is 0 Å². The molecule has 2 aromatic rings. The molecule has 0 spiro atoms. The molecule has 29 heavy (non-hydrogen) atoms. The summed E-state index contributed by atoms with van der Waals surface area (Å²) in [4.78, 5) is 16.8. The predicted molar refractivity (Wildman–Crippen MR) is 110 cm³/mol. The largest absolute Gasteiger partial charge is 0.493 e. The van der Waals surface area contributed by atoms with Crippen LogP contribution in [0.1, 0.15) is 5.56 Å². The van der Waals surface area contributed by atoms with Gasteiger partial charge in [-0.05, 0) is 29.8 Å². The summed E-state index contributed by atoms with van der Waals surface area (Å²) in [6.07, 6.45) is 7.13. The van der Waals surface area contributed by atoms with Gasteiger partial charge in [-0.1, -0.05) is 0 Å². The standard InChI is InChI=1S/C21H28N4O4/c1-27-18-15-17(16-19(28-2)21(18)29-3)5-6-20(26)24-12-9-23(10-13-24)11-14-25-8-4-7-22-25/h4-8,15-16H,9-14H2,1-3H3/b6-5+. The van der Waals surface area contributed by atoms with Crippen molar-refractivity contribution in [3.05, 3.63) is 42.2 Å². The molecule has 3 rings (SSSR count). The van der Waals surface area contributed by atoms with Crippen LogP contribution in [-0.2, 0) is 11.3 Å². The molecule has 0 radical (unpaired) electrons. The first-order chi connectivity index (χ1) is 14.1. The Morgan fingerprint density at radius 2 is 1.72 bits per heavy atom. The topological polar surface area (TPSA) is 69.1 Å². The van der Waals surface area contributed by atoms with Crippen molar-refractivity contribution in [2.45, 2.75) is 6.54 Å². The van der Waals surface area contributed by atoms with Gasteiger partial charge in [0.2, 0.25) is 11.7 Å². The van der Waals surface area contributed by atoms with E-state index in [9.17, 15) is 4.79 Å². The smallest absolute Gasteiger partial charge is 0.246 e. The number of hydrogen-bond acceptors (Lipinski definition) is 6. The number of amides is 1. The molecule has 1 aliphatic rings. The Morgan fingerprint density at radius 3 is 2.28 bits per heavy atom. The molecular formula is C21H28N4O4. The molecule has 0 atom stereocenters. The van der Waals surface area contributed by atoms with E-state index in [1.54, 1.807) is 39.7 Å². The third-order valence-corrected chi connectivity index (χ3v) is 4.99. The average molecular weight is 400 g/mol. The zero-order valence-electron chi connectivity index (χ0n) is 17.2. The zero-order chi connectivity index (χ0) is 20.6. The van der Waals surface area contributed by atoms with Gasteiger partial charge in [0.25, 0.3) is 0 Å². The third kappa shape index (κ3) is 5.29. The van der Waals surface area contributed by atoms with Crippen LogP contribution in [0.15, 0.2) is 36.7 Å². The molecule has 156 valence electrons. The van der Waals surface area contributed by atoms with Crippen LogP contribution in [0.4, 0.5) is 0 Å². The number of ether oxygens (including phenoxy) is 3. The lowest BCUT2D eigenvalue weighted by Gasteiger charge is -2.34. The lowest BCUT2D eigenvalue weighted by molar-refractivity contribution is -0.127. The molecule has 1 aromatic carbocycles. The fourth-order valence-electron chi connectivity index (χ4n) is 3.34. The van der Waals surface area contributed by atoms with Gasteiger partial charge < -0.3 is 19.1 Å². The molecule has 0 N–H and O–H groups in total. The predicted octanol–water partition coefficient (Wildman–Crippen LogP) is 1.77. The molecule has 1 aromatic heterocycles. The van der Waals surface area contributed by atoms with Gasteiger partial charge in [0.05, 0.1) is 27.9 Å². The van der Waals surface area contributed by atoms with Gasteiger partial charge in [-0.15, -0.1) is 0 Å². The normalized spacial score (nSPS) is 14.9. The second kappa shape index (κ2) is 9.97. The van der Waals surface area contributed by atoms with E-state index >= 15 is 0 Å². The van der Waals surface area contributed by atoms with Gasteiger partial charge >= 0.3 is 0 Å². The molecule has 0 unspecified atom stereocenters. The lowest BCUT2D eigenvalue weighted by atomic mass is 10.1. The minimum Gasteiger partial charge on any atom is -0.493 e. The molecular weight excluding hydrogens is 372 g/mol. The Balaban J connectivity index is 1.54. The summed E-state index contributed by atoms with van der Waals surface area (Å²) >= 11 is 0. The molecule has 8 nitrogen and oxygen atoms in total. The molecule has 1 aliphatic heterocycles. The van der Waals surface area contributed by atoms with Gasteiger partial charge in [-0.2, -0.15) is 5.10 Å². The molecule has 1 amide bonds. The summed E-state index contributed by atoms with van der Waals surface area (Å²) in [6.45, 7) is 4.97. The number of hydrogen-bond donors (Lipinski definition) is 0. The van der Waals surface area contributed by atoms with Crippen molar-refractivity contribution < 1.29 is 19.0 Å². The van der Waals surface area contributed by atoms with E-state index < -0.39 is 0 Å². The summed E-state index contributed by atoms with van der Waals surface area (Å²) in [6, 6.07) is 5.56. The number of carbonyl (C=O) groups excluding carboxylic acids is 1. The molecule has 0 aliphatic carbocycles. The van der Waals surface area contributed by atoms with Crippen molar-refractivity contribution in [3.63, 3.8) is 0 Å². The van der Waals surface area contributed by atoms with E-state index in [2.05, 4.69) is 10.00 Å². The van der Waals surface area contributed by atoms with E-state index in [4.69, 9.17) is 14.2 Å². The number of carbonyl (C=O) groups is 1. The lowest BCUT2D eigenvalue weighted by Crippen LogP contribution is -2.48. The van der Waals surface area contributed by atoms with Gasteiger partial charge in [0.15, 0.2) is 11.5 Å². The first-order valence-corrected chi connectivity index (χ1v) is 9.61. The maximum Gasteiger partial charge on any atom is 0.246 e. The van der Waals surface area contributed by atoms with Crippen LogP contribution in [0, 0.1) is 0 Å². The van der Waals surface area contributed by atoms with Crippen LogP contribution >= 0.6 is 0 Å². The maximum absolute atomic E-state index is 12.6. The van der Waals surface area contributed by atoms with Crippen molar-refractivity contribution >= 4 is 12.0 Å². The first-order valence-electron chi connectivity index (χ1n) is 9.61. The third-order valence-electron chi connectivity index (χ3n) is 4.99. The molecule has 0 saturated carbocycles. The fourth-order valence-corrected chi connectivity index (χ4v) is 3.34. The summed E-state index contributed by atoms with van der Waals surface area (Å²) in [5, 5.41) is 4.22. The minimum absolute atomic E-state index is 0.00507. The highest BCUT2D eigenvalue weighted by molar-refractivity contribution is 5.92. The van der Waals surface area contributed by atoms with Gasteiger partial charge in [-0.25, -0.2) is 0 Å². The van der Waals surface area contributed by atoms with E-state index in [0.29, 0.717) is 17.2 Å². The van der Waals surface area contributed by atoms with Gasteiger partial charge in [-0.3, -0.25) is 14.4 Å². The van der Waals surface area contributed by atoms with Crippen molar-refractivity contribution in [1.29, 1.82) is 0 Å². The SMILES string of the molecule is COc1cc(/C=C/C(=O)N2CCN(CCn3cccn3)CC2)cc(OC)c1OC. The van der Waals surface area contributed by atoms with Crippen LogP contribution < -0.4 is 14.2 Å². The first kappa shape index (κ1) is 20.7. The van der Waals surface area contributed by atoms with Crippen LogP contribution in [0.3, 0.4) is 0 Å². The number of piperazine rings is 1. The molecule has 1 saturated heterocycles. The highest BCUT2D eigenvalue weighted by atomic mass is 16.5. The van der Waals surface area contributed by atoms with Crippen molar-refractivity contribution in [2.75, 3.05) is 54.1 Å². The second-order valence-electron chi connectivity index (χ2n) is 6.73. The maximum atomic E-state index is 12.6. The van der Waals surface area contributed by atoms with E-state index in [-0.39, 0.29) is 5.91 Å². The number of rotatable bonds is 8. The average Bonchev–Trinajstić information content (AvgIpc) is 3.29. The molecule has 2 heterocycles. The molecule has 8 heteroatoms. The molecule has 0 bridgehead atoms.